The van der Waals surface area contributed by atoms with E-state index in [2.05, 4.69) is 0 Å². The summed E-state index contributed by atoms with van der Waals surface area (Å²) >= 11 is 0. The van der Waals surface area contributed by atoms with Crippen LogP contribution in [0.15, 0.2) is 12.2 Å². The maximum atomic E-state index is 12.2. The van der Waals surface area contributed by atoms with E-state index in [1.807, 2.05) is 0 Å². The molecule has 0 saturated heterocycles. The lowest BCUT2D eigenvalue weighted by molar-refractivity contribution is -0.261. The Morgan fingerprint density at radius 1 is 1.25 bits per heavy atom. The Bertz CT molecular complexity index is 185. The molecule has 0 fully saturated rings. The first kappa shape index (κ1) is 9.58. The number of alkyl halides is 3. The number of allylic oxidation sites excluding steroid dienone is 1. The smallest absolute Gasteiger partial charge is 0.380 e. The van der Waals surface area contributed by atoms with Crippen LogP contribution in [0.2, 0.25) is 0 Å². The van der Waals surface area contributed by atoms with Crippen LogP contribution in [0.25, 0.3) is 0 Å². The molecular formula is C8H11F3O. The van der Waals surface area contributed by atoms with E-state index < -0.39 is 11.8 Å². The molecule has 0 spiro atoms. The molecule has 70 valence electrons. The van der Waals surface area contributed by atoms with E-state index in [0.29, 0.717) is 12.8 Å². The van der Waals surface area contributed by atoms with E-state index in [9.17, 15) is 18.3 Å². The quantitative estimate of drug-likeness (QED) is 0.567. The summed E-state index contributed by atoms with van der Waals surface area (Å²) in [5.41, 5.74) is -2.49. The monoisotopic (exact) mass is 180 g/mol. The predicted molar refractivity (Wildman–Crippen MR) is 38.6 cm³/mol. The number of hydrogen-bond acceptors (Lipinski definition) is 1. The van der Waals surface area contributed by atoms with Gasteiger partial charge in [0.15, 0.2) is 5.60 Å². The van der Waals surface area contributed by atoms with Gasteiger partial charge in [-0.05, 0) is 19.3 Å². The van der Waals surface area contributed by atoms with Gasteiger partial charge in [0.05, 0.1) is 0 Å². The van der Waals surface area contributed by atoms with Crippen molar-refractivity contribution in [1.82, 2.24) is 0 Å². The molecule has 0 heterocycles. The van der Waals surface area contributed by atoms with Crippen LogP contribution in [0.5, 0.6) is 0 Å². The second kappa shape index (κ2) is 3.09. The lowest BCUT2D eigenvalue weighted by Crippen LogP contribution is -2.44. The Morgan fingerprint density at radius 2 is 1.92 bits per heavy atom. The maximum Gasteiger partial charge on any atom is 0.417 e. The normalized spacial score (nSPS) is 31.7. The van der Waals surface area contributed by atoms with Gasteiger partial charge in [-0.25, -0.2) is 0 Å². The molecule has 1 atom stereocenters. The van der Waals surface area contributed by atoms with Crippen LogP contribution in [-0.4, -0.2) is 16.9 Å². The van der Waals surface area contributed by atoms with E-state index >= 15 is 0 Å². The zero-order valence-electron chi connectivity index (χ0n) is 6.56. The van der Waals surface area contributed by atoms with Crippen LogP contribution in [0.3, 0.4) is 0 Å². The first-order chi connectivity index (χ1) is 5.46. The zero-order chi connectivity index (χ0) is 9.24. The summed E-state index contributed by atoms with van der Waals surface area (Å²) in [7, 11) is 0. The molecule has 0 aromatic carbocycles. The maximum absolute atomic E-state index is 12.2. The van der Waals surface area contributed by atoms with Gasteiger partial charge in [0.25, 0.3) is 0 Å². The number of rotatable bonds is 0. The second-order valence-corrected chi connectivity index (χ2v) is 3.10. The van der Waals surface area contributed by atoms with Crippen molar-refractivity contribution in [3.8, 4) is 0 Å². The first-order valence-corrected chi connectivity index (χ1v) is 3.90. The van der Waals surface area contributed by atoms with Gasteiger partial charge in [0.2, 0.25) is 0 Å². The Labute approximate surface area is 68.9 Å². The molecule has 0 aromatic rings. The van der Waals surface area contributed by atoms with E-state index in [4.69, 9.17) is 0 Å². The number of halogens is 3. The van der Waals surface area contributed by atoms with Gasteiger partial charge in [-0.2, -0.15) is 13.2 Å². The summed E-state index contributed by atoms with van der Waals surface area (Å²) in [4.78, 5) is 0. The molecule has 4 heteroatoms. The van der Waals surface area contributed by atoms with Crippen molar-refractivity contribution in [2.24, 2.45) is 0 Å². The Balaban J connectivity index is 2.75. The van der Waals surface area contributed by atoms with Gasteiger partial charge in [0, 0.05) is 6.42 Å². The van der Waals surface area contributed by atoms with Crippen LogP contribution in [0.1, 0.15) is 25.7 Å². The van der Waals surface area contributed by atoms with E-state index in [1.165, 1.54) is 6.08 Å². The third-order valence-electron chi connectivity index (χ3n) is 2.11. The van der Waals surface area contributed by atoms with Crippen molar-refractivity contribution in [1.29, 1.82) is 0 Å². The molecule has 0 radical (unpaired) electrons. The average molecular weight is 180 g/mol. The van der Waals surface area contributed by atoms with Crippen molar-refractivity contribution in [2.45, 2.75) is 37.5 Å². The molecule has 1 rings (SSSR count). The van der Waals surface area contributed by atoms with E-state index in [1.54, 1.807) is 6.08 Å². The summed E-state index contributed by atoms with van der Waals surface area (Å²) in [5, 5.41) is 9.21. The third-order valence-corrected chi connectivity index (χ3v) is 2.11. The molecule has 12 heavy (non-hydrogen) atoms. The molecule has 0 aromatic heterocycles. The van der Waals surface area contributed by atoms with E-state index in [0.717, 1.165) is 0 Å². The fourth-order valence-electron chi connectivity index (χ4n) is 1.27. The number of hydrogen-bond donors (Lipinski definition) is 1. The SMILES string of the molecule is O[C@@]1(C(F)(F)F)CC=CCCC1. The minimum atomic E-state index is -4.50. The Hall–Kier alpha value is -0.510. The van der Waals surface area contributed by atoms with Gasteiger partial charge in [-0.1, -0.05) is 12.2 Å². The zero-order valence-corrected chi connectivity index (χ0v) is 6.56. The topological polar surface area (TPSA) is 20.2 Å². The van der Waals surface area contributed by atoms with Crippen LogP contribution in [-0.2, 0) is 0 Å². The molecule has 0 aliphatic heterocycles. The first-order valence-electron chi connectivity index (χ1n) is 3.90. The summed E-state index contributed by atoms with van der Waals surface area (Å²) in [5.74, 6) is 0. The van der Waals surface area contributed by atoms with Crippen molar-refractivity contribution < 1.29 is 18.3 Å². The van der Waals surface area contributed by atoms with Gasteiger partial charge >= 0.3 is 6.18 Å². The van der Waals surface area contributed by atoms with Crippen molar-refractivity contribution >= 4 is 0 Å². The van der Waals surface area contributed by atoms with Crippen LogP contribution in [0, 0.1) is 0 Å². The van der Waals surface area contributed by atoms with Crippen LogP contribution >= 0.6 is 0 Å². The Morgan fingerprint density at radius 3 is 2.50 bits per heavy atom. The molecular weight excluding hydrogens is 169 g/mol. The highest BCUT2D eigenvalue weighted by molar-refractivity contribution is 4.99. The molecule has 1 aliphatic carbocycles. The predicted octanol–water partition coefficient (Wildman–Crippen LogP) is 2.41. The molecule has 0 bridgehead atoms. The van der Waals surface area contributed by atoms with Gasteiger partial charge in [-0.15, -0.1) is 0 Å². The van der Waals surface area contributed by atoms with E-state index in [-0.39, 0.29) is 12.8 Å². The molecule has 0 unspecified atom stereocenters. The standard InChI is InChI=1S/C8H11F3O/c9-8(10,11)7(12)5-3-1-2-4-6-7/h1,3,12H,2,4-6H2/t7-/m0/s1. The molecule has 0 saturated carbocycles. The highest BCUT2D eigenvalue weighted by atomic mass is 19.4. The lowest BCUT2D eigenvalue weighted by atomic mass is 9.94. The van der Waals surface area contributed by atoms with Crippen molar-refractivity contribution in [3.63, 3.8) is 0 Å². The fourth-order valence-corrected chi connectivity index (χ4v) is 1.27. The molecule has 1 aliphatic rings. The average Bonchev–Trinajstić information content (AvgIpc) is 2.12. The third kappa shape index (κ3) is 1.80. The van der Waals surface area contributed by atoms with Gasteiger partial charge in [0.1, 0.15) is 0 Å². The largest absolute Gasteiger partial charge is 0.417 e. The Kier molecular flexibility index (Phi) is 2.46. The highest BCUT2D eigenvalue weighted by Crippen LogP contribution is 2.38. The van der Waals surface area contributed by atoms with Crippen molar-refractivity contribution in [2.75, 3.05) is 0 Å². The molecule has 1 N–H and O–H groups in total. The second-order valence-electron chi connectivity index (χ2n) is 3.10. The summed E-state index contributed by atoms with van der Waals surface area (Å²) in [6.45, 7) is 0. The number of aliphatic hydroxyl groups is 1. The molecule has 0 amide bonds. The summed E-state index contributed by atoms with van der Waals surface area (Å²) in [6.07, 6.45) is -0.892. The fraction of sp³-hybridized carbons (Fsp3) is 0.750. The van der Waals surface area contributed by atoms with Crippen molar-refractivity contribution in [3.05, 3.63) is 12.2 Å². The minimum absolute atomic E-state index is 0.191. The summed E-state index contributed by atoms with van der Waals surface area (Å²) < 4.78 is 36.7. The summed E-state index contributed by atoms with van der Waals surface area (Å²) in [6, 6.07) is 0. The van der Waals surface area contributed by atoms with Crippen LogP contribution in [0.4, 0.5) is 13.2 Å². The minimum Gasteiger partial charge on any atom is -0.380 e. The lowest BCUT2D eigenvalue weighted by Gasteiger charge is -2.28. The van der Waals surface area contributed by atoms with Gasteiger partial charge in [-0.3, -0.25) is 0 Å². The van der Waals surface area contributed by atoms with Gasteiger partial charge < -0.3 is 5.11 Å². The van der Waals surface area contributed by atoms with Crippen LogP contribution < -0.4 is 0 Å². The highest BCUT2D eigenvalue weighted by Gasteiger charge is 2.52. The molecule has 1 nitrogen and oxygen atoms in total.